The Morgan fingerprint density at radius 2 is 2.50 bits per heavy atom. The average Bonchev–Trinajstić information content (AvgIpc) is 2.09. The Morgan fingerprint density at radius 1 is 1.60 bits per heavy atom. The van der Waals surface area contributed by atoms with Crippen LogP contribution in [-0.4, -0.2) is 11.9 Å². The SMILES string of the molecule is O=C1NC2C=CCCCC12. The van der Waals surface area contributed by atoms with E-state index in [2.05, 4.69) is 17.5 Å². The van der Waals surface area contributed by atoms with E-state index in [-0.39, 0.29) is 5.91 Å². The van der Waals surface area contributed by atoms with E-state index in [4.69, 9.17) is 0 Å². The van der Waals surface area contributed by atoms with E-state index < -0.39 is 0 Å². The molecule has 0 saturated carbocycles. The zero-order valence-corrected chi connectivity index (χ0v) is 5.84. The molecule has 1 N–H and O–H groups in total. The van der Waals surface area contributed by atoms with E-state index >= 15 is 0 Å². The van der Waals surface area contributed by atoms with Gasteiger partial charge in [-0.3, -0.25) is 4.79 Å². The molecule has 1 amide bonds. The molecule has 54 valence electrons. The highest BCUT2D eigenvalue weighted by Crippen LogP contribution is 2.25. The van der Waals surface area contributed by atoms with Crippen LogP contribution in [0.4, 0.5) is 0 Å². The lowest BCUT2D eigenvalue weighted by Crippen LogP contribution is -2.56. The van der Waals surface area contributed by atoms with Crippen LogP contribution in [0.2, 0.25) is 0 Å². The van der Waals surface area contributed by atoms with Crippen molar-refractivity contribution < 1.29 is 4.79 Å². The number of rotatable bonds is 0. The molecule has 10 heavy (non-hydrogen) atoms. The Hall–Kier alpha value is -0.790. The highest BCUT2D eigenvalue weighted by Gasteiger charge is 2.37. The molecular formula is C8H11NO. The molecule has 2 unspecified atom stereocenters. The second-order valence-corrected chi connectivity index (χ2v) is 3.00. The smallest absolute Gasteiger partial charge is 0.226 e. The standard InChI is InChI=1S/C8H11NO/c10-8-6-4-2-1-3-5-7(6)9-8/h3,5-7H,1-2,4H2,(H,9,10). The van der Waals surface area contributed by atoms with Crippen LogP contribution in [-0.2, 0) is 4.79 Å². The number of nitrogens with one attached hydrogen (secondary N) is 1. The number of carbonyl (C=O) groups is 1. The van der Waals surface area contributed by atoms with E-state index in [1.54, 1.807) is 0 Å². The second kappa shape index (κ2) is 2.11. The number of amides is 1. The van der Waals surface area contributed by atoms with Crippen LogP contribution in [0.1, 0.15) is 19.3 Å². The molecule has 2 aliphatic rings. The molecule has 2 heteroatoms. The Kier molecular flexibility index (Phi) is 1.26. The number of allylic oxidation sites excluding steroid dienone is 1. The van der Waals surface area contributed by atoms with E-state index in [1.807, 2.05) is 0 Å². The molecule has 0 aromatic heterocycles. The zero-order chi connectivity index (χ0) is 6.97. The monoisotopic (exact) mass is 137 g/mol. The molecule has 1 saturated heterocycles. The number of fused-ring (bicyclic) bond motifs is 1. The summed E-state index contributed by atoms with van der Waals surface area (Å²) in [5.41, 5.74) is 0. The van der Waals surface area contributed by atoms with E-state index in [0.29, 0.717) is 12.0 Å². The summed E-state index contributed by atoms with van der Waals surface area (Å²) in [7, 11) is 0. The molecule has 1 heterocycles. The van der Waals surface area contributed by atoms with Crippen molar-refractivity contribution in [1.29, 1.82) is 0 Å². The second-order valence-electron chi connectivity index (χ2n) is 3.00. The molecule has 2 nitrogen and oxygen atoms in total. The van der Waals surface area contributed by atoms with Gasteiger partial charge in [0.15, 0.2) is 0 Å². The third-order valence-electron chi connectivity index (χ3n) is 2.31. The van der Waals surface area contributed by atoms with Crippen molar-refractivity contribution in [2.75, 3.05) is 0 Å². The van der Waals surface area contributed by atoms with Crippen molar-refractivity contribution in [2.45, 2.75) is 25.3 Å². The quantitative estimate of drug-likeness (QED) is 0.389. The summed E-state index contributed by atoms with van der Waals surface area (Å²) < 4.78 is 0. The molecule has 0 aromatic rings. The molecule has 1 fully saturated rings. The molecule has 0 spiro atoms. The fraction of sp³-hybridized carbons (Fsp3) is 0.625. The van der Waals surface area contributed by atoms with Crippen LogP contribution < -0.4 is 5.32 Å². The summed E-state index contributed by atoms with van der Waals surface area (Å²) in [6, 6.07) is 0.370. The molecule has 0 radical (unpaired) electrons. The van der Waals surface area contributed by atoms with Gasteiger partial charge in [-0.25, -0.2) is 0 Å². The molecule has 1 aliphatic carbocycles. The van der Waals surface area contributed by atoms with Gasteiger partial charge in [0.1, 0.15) is 0 Å². The van der Waals surface area contributed by atoms with Crippen molar-refractivity contribution in [3.63, 3.8) is 0 Å². The van der Waals surface area contributed by atoms with Gasteiger partial charge < -0.3 is 5.32 Å². The Labute approximate surface area is 60.3 Å². The van der Waals surface area contributed by atoms with Crippen molar-refractivity contribution >= 4 is 5.91 Å². The van der Waals surface area contributed by atoms with Crippen LogP contribution >= 0.6 is 0 Å². The first-order valence-electron chi connectivity index (χ1n) is 3.85. The lowest BCUT2D eigenvalue weighted by molar-refractivity contribution is -0.133. The van der Waals surface area contributed by atoms with E-state index in [1.165, 1.54) is 6.42 Å². The van der Waals surface area contributed by atoms with Crippen LogP contribution in [0.3, 0.4) is 0 Å². The highest BCUT2D eigenvalue weighted by atomic mass is 16.2. The van der Waals surface area contributed by atoms with Crippen molar-refractivity contribution in [3.8, 4) is 0 Å². The first kappa shape index (κ1) is 5.96. The zero-order valence-electron chi connectivity index (χ0n) is 5.84. The molecule has 0 bridgehead atoms. The van der Waals surface area contributed by atoms with Gasteiger partial charge in [-0.1, -0.05) is 12.2 Å². The third-order valence-corrected chi connectivity index (χ3v) is 2.31. The third kappa shape index (κ3) is 0.753. The first-order valence-corrected chi connectivity index (χ1v) is 3.85. The number of hydrogen-bond acceptors (Lipinski definition) is 1. The van der Waals surface area contributed by atoms with Gasteiger partial charge in [-0.05, 0) is 19.3 Å². The molecular weight excluding hydrogens is 126 g/mol. The average molecular weight is 137 g/mol. The predicted octanol–water partition coefficient (Wildman–Crippen LogP) is 0.841. The van der Waals surface area contributed by atoms with Gasteiger partial charge in [0.2, 0.25) is 5.91 Å². The van der Waals surface area contributed by atoms with E-state index in [0.717, 1.165) is 12.8 Å². The summed E-state index contributed by atoms with van der Waals surface area (Å²) in [4.78, 5) is 10.9. The number of carbonyl (C=O) groups excluding carboxylic acids is 1. The van der Waals surface area contributed by atoms with Crippen molar-refractivity contribution in [2.24, 2.45) is 5.92 Å². The summed E-state index contributed by atoms with van der Waals surface area (Å²) >= 11 is 0. The maximum absolute atomic E-state index is 10.9. The summed E-state index contributed by atoms with van der Waals surface area (Å²) in [5.74, 6) is 0.551. The van der Waals surface area contributed by atoms with Crippen molar-refractivity contribution in [3.05, 3.63) is 12.2 Å². The van der Waals surface area contributed by atoms with Gasteiger partial charge in [-0.2, -0.15) is 0 Å². The predicted molar refractivity (Wildman–Crippen MR) is 38.4 cm³/mol. The molecule has 0 aromatic carbocycles. The van der Waals surface area contributed by atoms with Crippen LogP contribution in [0.15, 0.2) is 12.2 Å². The minimum absolute atomic E-state index is 0.247. The topological polar surface area (TPSA) is 29.1 Å². The summed E-state index contributed by atoms with van der Waals surface area (Å²) in [5, 5.41) is 2.86. The maximum Gasteiger partial charge on any atom is 0.226 e. The van der Waals surface area contributed by atoms with Crippen LogP contribution in [0.5, 0.6) is 0 Å². The van der Waals surface area contributed by atoms with Crippen LogP contribution in [0, 0.1) is 5.92 Å². The molecule has 2 atom stereocenters. The first-order chi connectivity index (χ1) is 4.88. The van der Waals surface area contributed by atoms with Gasteiger partial charge >= 0.3 is 0 Å². The molecule has 1 aliphatic heterocycles. The normalized spacial score (nSPS) is 37.4. The lowest BCUT2D eigenvalue weighted by Gasteiger charge is -2.33. The van der Waals surface area contributed by atoms with E-state index in [9.17, 15) is 4.79 Å². The minimum atomic E-state index is 0.247. The van der Waals surface area contributed by atoms with Gasteiger partial charge in [-0.15, -0.1) is 0 Å². The number of β-lactam (4-membered cyclic amide) rings is 1. The van der Waals surface area contributed by atoms with Gasteiger partial charge in [0, 0.05) is 0 Å². The number of hydrogen-bond donors (Lipinski definition) is 1. The lowest BCUT2D eigenvalue weighted by atomic mass is 9.88. The highest BCUT2D eigenvalue weighted by molar-refractivity contribution is 5.86. The summed E-state index contributed by atoms with van der Waals surface area (Å²) in [6.07, 6.45) is 7.68. The maximum atomic E-state index is 10.9. The fourth-order valence-corrected chi connectivity index (χ4v) is 1.63. The largest absolute Gasteiger partial charge is 0.349 e. The Bertz CT molecular complexity index is 186. The minimum Gasteiger partial charge on any atom is -0.349 e. The summed E-state index contributed by atoms with van der Waals surface area (Å²) in [6.45, 7) is 0. The Morgan fingerprint density at radius 3 is 3.30 bits per heavy atom. The van der Waals surface area contributed by atoms with Gasteiger partial charge in [0.05, 0.1) is 12.0 Å². The van der Waals surface area contributed by atoms with Gasteiger partial charge in [0.25, 0.3) is 0 Å². The van der Waals surface area contributed by atoms with Crippen molar-refractivity contribution in [1.82, 2.24) is 5.32 Å². The Balaban J connectivity index is 2.09. The van der Waals surface area contributed by atoms with Crippen LogP contribution in [0.25, 0.3) is 0 Å². The molecule has 2 rings (SSSR count). The fourth-order valence-electron chi connectivity index (χ4n) is 1.63.